The van der Waals surface area contributed by atoms with Crippen molar-refractivity contribution in [2.75, 3.05) is 5.32 Å². The van der Waals surface area contributed by atoms with Crippen molar-refractivity contribution in [1.29, 1.82) is 0 Å². The highest BCUT2D eigenvalue weighted by molar-refractivity contribution is 7.15. The largest absolute Gasteiger partial charge is 0.478 e. The third-order valence-electron chi connectivity index (χ3n) is 3.78. The lowest BCUT2D eigenvalue weighted by molar-refractivity contribution is -0.158. The van der Waals surface area contributed by atoms with E-state index >= 15 is 0 Å². The molecule has 1 amide bonds. The molecule has 0 aliphatic heterocycles. The third-order valence-corrected chi connectivity index (χ3v) is 4.93. The van der Waals surface area contributed by atoms with Crippen molar-refractivity contribution in [2.24, 2.45) is 0 Å². The molecule has 0 saturated carbocycles. The number of benzene rings is 2. The van der Waals surface area contributed by atoms with Crippen LogP contribution in [0.2, 0.25) is 5.02 Å². The highest BCUT2D eigenvalue weighted by atomic mass is 35.5. The molecular formula is C20H14ClF2NO4S. The molecular weight excluding hydrogens is 424 g/mol. The molecule has 29 heavy (non-hydrogen) atoms. The molecule has 5 nitrogen and oxygen atoms in total. The molecule has 150 valence electrons. The van der Waals surface area contributed by atoms with Crippen LogP contribution in [0.3, 0.4) is 0 Å². The summed E-state index contributed by atoms with van der Waals surface area (Å²) in [6, 6.07) is 11.9. The highest BCUT2D eigenvalue weighted by Gasteiger charge is 2.24. The van der Waals surface area contributed by atoms with E-state index in [1.165, 1.54) is 18.2 Å². The molecule has 0 bridgehead atoms. The van der Waals surface area contributed by atoms with E-state index in [1.807, 2.05) is 0 Å². The summed E-state index contributed by atoms with van der Waals surface area (Å²) in [7, 11) is 0. The van der Waals surface area contributed by atoms with Gasteiger partial charge in [0.1, 0.15) is 16.3 Å². The number of carboxylic acids is 1. The Labute approximate surface area is 173 Å². The second-order valence-electron chi connectivity index (χ2n) is 6.06. The summed E-state index contributed by atoms with van der Waals surface area (Å²) in [6.45, 7) is 0.586. The molecule has 0 saturated heterocycles. The number of carboxylic acid groups (broad SMARTS) is 1. The first-order valence-corrected chi connectivity index (χ1v) is 9.49. The van der Waals surface area contributed by atoms with Crippen LogP contribution in [0, 0.1) is 0 Å². The molecule has 0 aliphatic carbocycles. The van der Waals surface area contributed by atoms with Crippen LogP contribution >= 0.6 is 22.9 Å². The molecule has 0 spiro atoms. The number of alkyl halides is 2. The number of hydrogen-bond donors (Lipinski definition) is 2. The second-order valence-corrected chi connectivity index (χ2v) is 7.37. The van der Waals surface area contributed by atoms with Gasteiger partial charge in [0.2, 0.25) is 0 Å². The Bertz CT molecular complexity index is 1060. The van der Waals surface area contributed by atoms with Crippen LogP contribution in [0.15, 0.2) is 53.9 Å². The number of carbonyl (C=O) groups is 2. The van der Waals surface area contributed by atoms with Crippen molar-refractivity contribution < 1.29 is 28.2 Å². The lowest BCUT2D eigenvalue weighted by Crippen LogP contribution is -2.19. The summed E-state index contributed by atoms with van der Waals surface area (Å²) >= 11 is 6.91. The van der Waals surface area contributed by atoms with Gasteiger partial charge in [0, 0.05) is 28.5 Å². The van der Waals surface area contributed by atoms with Crippen LogP contribution in [-0.2, 0) is 0 Å². The lowest BCUT2D eigenvalue weighted by Gasteiger charge is -2.13. The Kier molecular flexibility index (Phi) is 5.86. The highest BCUT2D eigenvalue weighted by Crippen LogP contribution is 2.36. The van der Waals surface area contributed by atoms with Crippen molar-refractivity contribution in [1.82, 2.24) is 0 Å². The van der Waals surface area contributed by atoms with Gasteiger partial charge in [0.05, 0.1) is 0 Å². The average molecular weight is 438 g/mol. The van der Waals surface area contributed by atoms with Gasteiger partial charge in [-0.2, -0.15) is 8.78 Å². The standard InChI is InChI=1S/C20H14ClF2NO4S/c1-20(22,23)28-14-4-2-3-12(9-14)17(25)24-18-16(19(26)27)15(10-29-18)11-5-7-13(21)8-6-11/h2-10H,1H3,(H,24,25)(H,26,27). The number of halogens is 3. The predicted octanol–water partition coefficient (Wildman–Crippen LogP) is 6.01. The summed E-state index contributed by atoms with van der Waals surface area (Å²) < 4.78 is 30.5. The van der Waals surface area contributed by atoms with E-state index in [0.717, 1.165) is 17.4 Å². The van der Waals surface area contributed by atoms with Crippen LogP contribution in [-0.4, -0.2) is 23.1 Å². The summed E-state index contributed by atoms with van der Waals surface area (Å²) in [5.41, 5.74) is 1.03. The maximum Gasteiger partial charge on any atom is 0.394 e. The normalized spacial score (nSPS) is 11.2. The maximum absolute atomic E-state index is 13.0. The van der Waals surface area contributed by atoms with Crippen LogP contribution in [0.25, 0.3) is 11.1 Å². The number of nitrogens with one attached hydrogen (secondary N) is 1. The zero-order valence-corrected chi connectivity index (χ0v) is 16.5. The zero-order valence-electron chi connectivity index (χ0n) is 14.9. The Hall–Kier alpha value is -2.97. The number of ether oxygens (including phenoxy) is 1. The SMILES string of the molecule is CC(F)(F)Oc1cccc(C(=O)Nc2scc(-c3ccc(Cl)cc3)c2C(=O)O)c1. The molecule has 2 N–H and O–H groups in total. The molecule has 3 aromatic rings. The van der Waals surface area contributed by atoms with Gasteiger partial charge in [-0.1, -0.05) is 29.8 Å². The monoisotopic (exact) mass is 437 g/mol. The van der Waals surface area contributed by atoms with Crippen LogP contribution < -0.4 is 10.1 Å². The van der Waals surface area contributed by atoms with Crippen molar-refractivity contribution in [3.8, 4) is 16.9 Å². The van der Waals surface area contributed by atoms with Gasteiger partial charge in [-0.05, 0) is 35.9 Å². The summed E-state index contributed by atoms with van der Waals surface area (Å²) in [4.78, 5) is 24.3. The van der Waals surface area contributed by atoms with E-state index in [-0.39, 0.29) is 21.9 Å². The fourth-order valence-corrected chi connectivity index (χ4v) is 3.67. The molecule has 0 fully saturated rings. The quantitative estimate of drug-likeness (QED) is 0.495. The minimum Gasteiger partial charge on any atom is -0.478 e. The number of aromatic carboxylic acids is 1. The number of anilines is 1. The van der Waals surface area contributed by atoms with Gasteiger partial charge in [-0.25, -0.2) is 4.79 Å². The topological polar surface area (TPSA) is 75.6 Å². The molecule has 2 aromatic carbocycles. The van der Waals surface area contributed by atoms with E-state index in [0.29, 0.717) is 23.1 Å². The Morgan fingerprint density at radius 3 is 2.48 bits per heavy atom. The summed E-state index contributed by atoms with van der Waals surface area (Å²) in [6.07, 6.45) is -3.40. The van der Waals surface area contributed by atoms with Gasteiger partial charge in [-0.15, -0.1) is 11.3 Å². The lowest BCUT2D eigenvalue weighted by atomic mass is 10.0. The average Bonchev–Trinajstić information content (AvgIpc) is 3.05. The van der Waals surface area contributed by atoms with E-state index in [2.05, 4.69) is 10.1 Å². The minimum atomic E-state index is -3.40. The smallest absolute Gasteiger partial charge is 0.394 e. The van der Waals surface area contributed by atoms with E-state index in [1.54, 1.807) is 29.6 Å². The van der Waals surface area contributed by atoms with Gasteiger partial charge in [-0.3, -0.25) is 4.79 Å². The van der Waals surface area contributed by atoms with Crippen molar-refractivity contribution in [2.45, 2.75) is 13.0 Å². The third kappa shape index (κ3) is 5.10. The van der Waals surface area contributed by atoms with Crippen molar-refractivity contribution >= 4 is 39.8 Å². The molecule has 1 aromatic heterocycles. The second kappa shape index (κ2) is 8.18. The van der Waals surface area contributed by atoms with Crippen LogP contribution in [0.4, 0.5) is 13.8 Å². The number of thiophene rings is 1. The van der Waals surface area contributed by atoms with Crippen molar-refractivity contribution in [3.05, 3.63) is 70.1 Å². The van der Waals surface area contributed by atoms with Crippen molar-refractivity contribution in [3.63, 3.8) is 0 Å². The van der Waals surface area contributed by atoms with E-state index in [9.17, 15) is 23.5 Å². The number of hydrogen-bond acceptors (Lipinski definition) is 4. The zero-order chi connectivity index (χ0) is 21.2. The van der Waals surface area contributed by atoms with Gasteiger partial charge in [0.15, 0.2) is 0 Å². The van der Waals surface area contributed by atoms with E-state index in [4.69, 9.17) is 11.6 Å². The van der Waals surface area contributed by atoms with E-state index < -0.39 is 18.0 Å². The number of carbonyl (C=O) groups excluding carboxylic acids is 1. The predicted molar refractivity (Wildman–Crippen MR) is 107 cm³/mol. The summed E-state index contributed by atoms with van der Waals surface area (Å²) in [5.74, 6) is -2.05. The first kappa shape index (κ1) is 20.8. The maximum atomic E-state index is 13.0. The molecule has 9 heteroatoms. The Morgan fingerprint density at radius 1 is 1.17 bits per heavy atom. The fraction of sp³-hybridized carbons (Fsp3) is 0.100. The summed E-state index contributed by atoms with van der Waals surface area (Å²) in [5, 5.41) is 14.4. The van der Waals surface area contributed by atoms with Crippen LogP contribution in [0.5, 0.6) is 5.75 Å². The first-order chi connectivity index (χ1) is 13.6. The minimum absolute atomic E-state index is 0.0459. The molecule has 0 unspecified atom stereocenters. The van der Waals surface area contributed by atoms with Gasteiger partial charge >= 0.3 is 12.1 Å². The molecule has 0 aliphatic rings. The molecule has 0 atom stereocenters. The molecule has 0 radical (unpaired) electrons. The van der Waals surface area contributed by atoms with Gasteiger partial charge in [0.25, 0.3) is 5.91 Å². The Morgan fingerprint density at radius 2 is 1.86 bits per heavy atom. The van der Waals surface area contributed by atoms with Gasteiger partial charge < -0.3 is 15.2 Å². The Balaban J connectivity index is 1.89. The number of rotatable bonds is 6. The number of amides is 1. The fourth-order valence-electron chi connectivity index (χ4n) is 2.59. The van der Waals surface area contributed by atoms with Crippen LogP contribution in [0.1, 0.15) is 27.6 Å². The first-order valence-electron chi connectivity index (χ1n) is 8.23. The molecule has 3 rings (SSSR count). The molecule has 1 heterocycles.